The smallest absolute Gasteiger partial charge is 0.258 e. The predicted octanol–water partition coefficient (Wildman–Crippen LogP) is 4.73. The third kappa shape index (κ3) is 4.82. The molecular weight excluding hydrogens is 476 g/mol. The van der Waals surface area contributed by atoms with Crippen LogP contribution in [0.4, 0.5) is 5.69 Å². The van der Waals surface area contributed by atoms with E-state index in [1.54, 1.807) is 5.06 Å². The average Bonchev–Trinajstić information content (AvgIpc) is 3.49. The van der Waals surface area contributed by atoms with Crippen molar-refractivity contribution < 1.29 is 14.4 Å². The second-order valence-electron chi connectivity index (χ2n) is 9.13. The van der Waals surface area contributed by atoms with Crippen LogP contribution in [0.3, 0.4) is 0 Å². The van der Waals surface area contributed by atoms with Crippen molar-refractivity contribution in [3.05, 3.63) is 82.4 Å². The fourth-order valence-electron chi connectivity index (χ4n) is 4.52. The Balaban J connectivity index is 1.42. The number of fused-ring (bicyclic) bond motifs is 1. The number of carbonyl (C=O) groups is 1. The second kappa shape index (κ2) is 10.3. The Hall–Kier alpha value is -3.39. The molecule has 0 aliphatic carbocycles. The summed E-state index contributed by atoms with van der Waals surface area (Å²) in [5, 5.41) is 2.24. The van der Waals surface area contributed by atoms with E-state index >= 15 is 0 Å². The number of ether oxygens (including phenoxy) is 1. The van der Waals surface area contributed by atoms with Crippen molar-refractivity contribution in [3.63, 3.8) is 0 Å². The van der Waals surface area contributed by atoms with Crippen LogP contribution in [0, 0.1) is 0 Å². The molecule has 0 atom stereocenters. The molecule has 8 heteroatoms. The molecule has 2 aliphatic heterocycles. The maximum atomic E-state index is 13.8. The van der Waals surface area contributed by atoms with Gasteiger partial charge in [-0.1, -0.05) is 54.1 Å². The number of hydroxylamine groups is 2. The molecule has 1 amide bonds. The molecule has 2 aliphatic rings. The monoisotopic (exact) mass is 504 g/mol. The van der Waals surface area contributed by atoms with Crippen LogP contribution in [-0.4, -0.2) is 69.3 Å². The molecule has 0 unspecified atom stereocenters. The first-order chi connectivity index (χ1) is 17.4. The lowest BCUT2D eigenvalue weighted by atomic mass is 9.97. The summed E-state index contributed by atoms with van der Waals surface area (Å²) in [6.07, 6.45) is 0.757. The summed E-state index contributed by atoms with van der Waals surface area (Å²) in [6, 6.07) is 19.6. The number of carbonyl (C=O) groups excluding carboxylic acids is 1. The molecule has 0 N–H and O–H groups in total. The molecule has 3 aromatic rings. The number of amidine groups is 1. The van der Waals surface area contributed by atoms with E-state index in [-0.39, 0.29) is 5.91 Å². The number of hydrogen-bond donors (Lipinski definition) is 0. The Labute approximate surface area is 216 Å². The SMILES string of the molecule is CN(C)CCOc1cc2c(cc1Cl)CCN2C(=O)c1ccccc1-c1ccc(C2=NCON2C)cc1. The summed E-state index contributed by atoms with van der Waals surface area (Å²) in [4.78, 5) is 27.5. The molecule has 36 heavy (non-hydrogen) atoms. The zero-order valence-corrected chi connectivity index (χ0v) is 21.5. The molecule has 2 heterocycles. The Kier molecular flexibility index (Phi) is 6.96. The van der Waals surface area contributed by atoms with Crippen molar-refractivity contribution in [1.29, 1.82) is 0 Å². The number of likely N-dealkylation sites (N-methyl/N-ethyl adjacent to an activating group) is 1. The van der Waals surface area contributed by atoms with Crippen molar-refractivity contribution in [2.24, 2.45) is 4.99 Å². The molecule has 0 aromatic heterocycles. The fourth-order valence-corrected chi connectivity index (χ4v) is 4.76. The van der Waals surface area contributed by atoms with Gasteiger partial charge in [-0.3, -0.25) is 4.79 Å². The second-order valence-corrected chi connectivity index (χ2v) is 9.54. The van der Waals surface area contributed by atoms with E-state index in [1.165, 1.54) is 0 Å². The van der Waals surface area contributed by atoms with E-state index in [0.717, 1.165) is 46.7 Å². The Morgan fingerprint density at radius 1 is 1.11 bits per heavy atom. The largest absolute Gasteiger partial charge is 0.491 e. The van der Waals surface area contributed by atoms with Gasteiger partial charge in [0.2, 0.25) is 0 Å². The van der Waals surface area contributed by atoms with Gasteiger partial charge in [0.15, 0.2) is 12.6 Å². The topological polar surface area (TPSA) is 57.6 Å². The van der Waals surface area contributed by atoms with Crippen molar-refractivity contribution in [1.82, 2.24) is 9.96 Å². The summed E-state index contributed by atoms with van der Waals surface area (Å²) in [6.45, 7) is 2.23. The van der Waals surface area contributed by atoms with Crippen LogP contribution >= 0.6 is 11.6 Å². The molecule has 7 nitrogen and oxygen atoms in total. The van der Waals surface area contributed by atoms with Gasteiger partial charge in [-0.15, -0.1) is 0 Å². The highest BCUT2D eigenvalue weighted by Crippen LogP contribution is 2.38. The van der Waals surface area contributed by atoms with Crippen LogP contribution in [0.1, 0.15) is 21.5 Å². The van der Waals surface area contributed by atoms with Crippen LogP contribution in [0.2, 0.25) is 5.02 Å². The van der Waals surface area contributed by atoms with Crippen LogP contribution in [0.15, 0.2) is 65.7 Å². The molecule has 0 saturated heterocycles. The van der Waals surface area contributed by atoms with Crippen molar-refractivity contribution >= 4 is 29.0 Å². The standard InChI is InChI=1S/C28H29ClN4O3/c1-31(2)14-15-35-26-17-25-21(16-24(26)29)12-13-33(25)28(34)23-7-5-4-6-22(23)19-8-10-20(11-9-19)27-30-18-36-32(27)3/h4-11,16-17H,12-15,18H2,1-3H3. The normalized spacial score (nSPS) is 14.9. The van der Waals surface area contributed by atoms with Gasteiger partial charge in [-0.25, -0.2) is 14.9 Å². The third-order valence-corrected chi connectivity index (χ3v) is 6.74. The van der Waals surface area contributed by atoms with Gasteiger partial charge in [0.1, 0.15) is 12.4 Å². The number of hydrogen-bond acceptors (Lipinski definition) is 6. The minimum Gasteiger partial charge on any atom is -0.491 e. The highest BCUT2D eigenvalue weighted by atomic mass is 35.5. The summed E-state index contributed by atoms with van der Waals surface area (Å²) < 4.78 is 5.93. The minimum atomic E-state index is -0.0386. The third-order valence-electron chi connectivity index (χ3n) is 6.45. The van der Waals surface area contributed by atoms with E-state index in [4.69, 9.17) is 21.2 Å². The van der Waals surface area contributed by atoms with Gasteiger partial charge >= 0.3 is 0 Å². The summed E-state index contributed by atoms with van der Waals surface area (Å²) in [7, 11) is 5.83. The van der Waals surface area contributed by atoms with Gasteiger partial charge in [0, 0.05) is 37.3 Å². The van der Waals surface area contributed by atoms with E-state index in [1.807, 2.05) is 91.6 Å². The average molecular weight is 505 g/mol. The number of aliphatic imine (C=N–C) groups is 1. The highest BCUT2D eigenvalue weighted by molar-refractivity contribution is 6.32. The lowest BCUT2D eigenvalue weighted by Gasteiger charge is -2.21. The summed E-state index contributed by atoms with van der Waals surface area (Å²) in [5.41, 5.74) is 5.39. The van der Waals surface area contributed by atoms with E-state index in [0.29, 0.717) is 36.2 Å². The van der Waals surface area contributed by atoms with Crippen LogP contribution < -0.4 is 9.64 Å². The number of halogens is 1. The lowest BCUT2D eigenvalue weighted by Crippen LogP contribution is -2.29. The van der Waals surface area contributed by atoms with E-state index in [2.05, 4.69) is 4.99 Å². The molecule has 0 fully saturated rings. The maximum absolute atomic E-state index is 13.8. The molecular formula is C28H29ClN4O3. The predicted molar refractivity (Wildman–Crippen MR) is 143 cm³/mol. The Bertz CT molecular complexity index is 1310. The molecule has 5 rings (SSSR count). The number of rotatable bonds is 7. The Morgan fingerprint density at radius 2 is 1.86 bits per heavy atom. The summed E-state index contributed by atoms with van der Waals surface area (Å²) in [5.74, 6) is 1.36. The zero-order chi connectivity index (χ0) is 25.2. The number of anilines is 1. The minimum absolute atomic E-state index is 0.0386. The quantitative estimate of drug-likeness (QED) is 0.465. The molecule has 0 saturated carbocycles. The first kappa shape index (κ1) is 24.3. The van der Waals surface area contributed by atoms with Crippen molar-refractivity contribution in [2.75, 3.05) is 52.5 Å². The van der Waals surface area contributed by atoms with Gasteiger partial charge in [0.25, 0.3) is 5.91 Å². The van der Waals surface area contributed by atoms with E-state index in [9.17, 15) is 4.79 Å². The fraction of sp³-hybridized carbons (Fsp3) is 0.286. The van der Waals surface area contributed by atoms with Gasteiger partial charge in [0.05, 0.1) is 10.7 Å². The van der Waals surface area contributed by atoms with Gasteiger partial charge < -0.3 is 14.5 Å². The number of nitrogens with zero attached hydrogens (tertiary/aromatic N) is 4. The molecule has 0 bridgehead atoms. The number of amides is 1. The highest BCUT2D eigenvalue weighted by Gasteiger charge is 2.29. The maximum Gasteiger partial charge on any atom is 0.258 e. The Morgan fingerprint density at radius 3 is 2.58 bits per heavy atom. The molecule has 3 aromatic carbocycles. The zero-order valence-electron chi connectivity index (χ0n) is 20.7. The molecule has 186 valence electrons. The van der Waals surface area contributed by atoms with Crippen molar-refractivity contribution in [3.8, 4) is 16.9 Å². The molecule has 0 radical (unpaired) electrons. The number of benzene rings is 3. The van der Waals surface area contributed by atoms with Crippen LogP contribution in [-0.2, 0) is 11.3 Å². The van der Waals surface area contributed by atoms with E-state index < -0.39 is 0 Å². The van der Waals surface area contributed by atoms with Crippen molar-refractivity contribution in [2.45, 2.75) is 6.42 Å². The molecule has 0 spiro atoms. The van der Waals surface area contributed by atoms with Gasteiger partial charge in [-0.05, 0) is 49.3 Å². The lowest BCUT2D eigenvalue weighted by molar-refractivity contribution is -0.0539. The first-order valence-electron chi connectivity index (χ1n) is 11.9. The van der Waals surface area contributed by atoms with Gasteiger partial charge in [-0.2, -0.15) is 0 Å². The first-order valence-corrected chi connectivity index (χ1v) is 12.3. The van der Waals surface area contributed by atoms with Crippen LogP contribution in [0.25, 0.3) is 11.1 Å². The van der Waals surface area contributed by atoms with Crippen LogP contribution in [0.5, 0.6) is 5.75 Å². The summed E-state index contributed by atoms with van der Waals surface area (Å²) >= 11 is 6.48.